The van der Waals surface area contributed by atoms with E-state index in [9.17, 15) is 29.8 Å². The molecule has 0 N–H and O–H groups in total. The third kappa shape index (κ3) is 25.6. The highest BCUT2D eigenvalue weighted by Crippen LogP contribution is 2.28. The highest BCUT2D eigenvalue weighted by Gasteiger charge is 2.32. The molecule has 44 heavy (non-hydrogen) atoms. The number of carbonyl (C=O) groups is 2. The van der Waals surface area contributed by atoms with Gasteiger partial charge in [-0.3, -0.25) is 29.8 Å². The van der Waals surface area contributed by atoms with Gasteiger partial charge in [-0.15, -0.1) is 0 Å². The number of rotatable bonds is 12. The summed E-state index contributed by atoms with van der Waals surface area (Å²) < 4.78 is 9.66. The van der Waals surface area contributed by atoms with Crippen molar-refractivity contribution in [3.8, 4) is 0 Å². The largest absolute Gasteiger partial charge is 0.466 e. The van der Waals surface area contributed by atoms with E-state index in [1.54, 1.807) is 19.1 Å². The minimum absolute atomic E-state index is 0.0880. The minimum Gasteiger partial charge on any atom is -0.466 e. The van der Waals surface area contributed by atoms with Crippen LogP contribution in [-0.4, -0.2) is 53.8 Å². The monoisotopic (exact) mass is 618 g/mol. The molecule has 0 saturated carbocycles. The van der Waals surface area contributed by atoms with E-state index in [1.165, 1.54) is 6.08 Å². The first-order valence-corrected chi connectivity index (χ1v) is 13.4. The van der Waals surface area contributed by atoms with Crippen molar-refractivity contribution in [2.45, 2.75) is 52.9 Å². The molecule has 0 radical (unpaired) electrons. The van der Waals surface area contributed by atoms with Gasteiger partial charge in [0.2, 0.25) is 12.7 Å². The zero-order chi connectivity index (χ0) is 34.2. The molecule has 0 bridgehead atoms. The first-order chi connectivity index (χ1) is 21.0. The van der Waals surface area contributed by atoms with Gasteiger partial charge in [-0.1, -0.05) is 74.5 Å². The zero-order valence-electron chi connectivity index (χ0n) is 25.1. The fraction of sp³-hybridized carbons (Fsp3) is 0.400. The molecule has 14 heteroatoms. The molecular weight excluding hydrogens is 580 g/mol. The van der Waals surface area contributed by atoms with Crippen LogP contribution in [0.3, 0.4) is 0 Å². The predicted molar refractivity (Wildman–Crippen MR) is 155 cm³/mol. The Morgan fingerprint density at radius 3 is 1.68 bits per heavy atom. The van der Waals surface area contributed by atoms with Gasteiger partial charge in [-0.2, -0.15) is 19.2 Å². The molecule has 240 valence electrons. The van der Waals surface area contributed by atoms with Crippen LogP contribution in [0, 0.1) is 26.1 Å². The van der Waals surface area contributed by atoms with Gasteiger partial charge >= 0.3 is 24.2 Å². The van der Waals surface area contributed by atoms with Gasteiger partial charge in [0.15, 0.2) is 0 Å². The lowest BCUT2D eigenvalue weighted by Gasteiger charge is -2.21. The summed E-state index contributed by atoms with van der Waals surface area (Å²) in [6.45, 7) is 7.87. The summed E-state index contributed by atoms with van der Waals surface area (Å²) in [7, 11) is 0. The van der Waals surface area contributed by atoms with Crippen LogP contribution in [0.1, 0.15) is 64.0 Å². The second-order valence-corrected chi connectivity index (χ2v) is 8.03. The summed E-state index contributed by atoms with van der Waals surface area (Å²) in [5.74, 6) is -1.37. The third-order valence-corrected chi connectivity index (χ3v) is 5.04. The van der Waals surface area contributed by atoms with E-state index in [0.29, 0.717) is 19.4 Å². The molecule has 0 aromatic heterocycles. The molecule has 0 fully saturated rings. The van der Waals surface area contributed by atoms with Crippen molar-refractivity contribution >= 4 is 30.3 Å². The van der Waals surface area contributed by atoms with Crippen molar-refractivity contribution in [2.24, 2.45) is 5.92 Å². The Morgan fingerprint density at radius 1 is 0.818 bits per heavy atom. The van der Waals surface area contributed by atoms with Crippen molar-refractivity contribution in [3.63, 3.8) is 0 Å². The van der Waals surface area contributed by atoms with Gasteiger partial charge in [0.05, 0.1) is 30.0 Å². The number of hydrogen-bond donors (Lipinski definition) is 0. The fourth-order valence-corrected chi connectivity index (χ4v) is 3.34. The van der Waals surface area contributed by atoms with Crippen LogP contribution in [0.4, 0.5) is 0 Å². The molecule has 0 spiro atoms. The van der Waals surface area contributed by atoms with Crippen molar-refractivity contribution in [1.29, 1.82) is 0 Å². The fourth-order valence-electron chi connectivity index (χ4n) is 3.34. The van der Waals surface area contributed by atoms with Gasteiger partial charge < -0.3 is 9.47 Å². The highest BCUT2D eigenvalue weighted by atomic mass is 16.6. The SMILES string of the molecule is CCCC(=O)OCC.CCOC(=O)C(CC)[C@@H](C[N+](=O)[O-])c1ccccc1.O=C=O.O=C=O.O=[N+]([O-])/C=C/c1ccccc1. The van der Waals surface area contributed by atoms with E-state index in [-0.39, 0.29) is 42.3 Å². The lowest BCUT2D eigenvalue weighted by Crippen LogP contribution is -2.28. The van der Waals surface area contributed by atoms with Crippen LogP contribution >= 0.6 is 0 Å². The smallest absolute Gasteiger partial charge is 0.373 e. The Balaban J connectivity index is -0.000000568. The normalized spacial score (nSPS) is 10.4. The predicted octanol–water partition coefficient (Wildman–Crippen LogP) is 4.75. The average Bonchev–Trinajstić information content (AvgIpc) is 2.99. The Morgan fingerprint density at radius 2 is 1.30 bits per heavy atom. The first-order valence-electron chi connectivity index (χ1n) is 13.4. The first kappa shape index (κ1) is 43.1. The maximum absolute atomic E-state index is 11.9. The van der Waals surface area contributed by atoms with Gasteiger partial charge in [0.1, 0.15) is 0 Å². The molecule has 1 unspecified atom stereocenters. The van der Waals surface area contributed by atoms with E-state index in [0.717, 1.165) is 23.7 Å². The third-order valence-electron chi connectivity index (χ3n) is 5.04. The molecule has 14 nitrogen and oxygen atoms in total. The van der Waals surface area contributed by atoms with Crippen LogP contribution in [0.2, 0.25) is 0 Å². The molecule has 0 saturated heterocycles. The van der Waals surface area contributed by atoms with Gasteiger partial charge in [-0.25, -0.2) is 0 Å². The molecule has 2 aromatic rings. The molecule has 0 amide bonds. The second kappa shape index (κ2) is 30.6. The lowest BCUT2D eigenvalue weighted by molar-refractivity contribution is -0.484. The molecule has 2 rings (SSSR count). The molecule has 0 aliphatic carbocycles. The Bertz CT molecular complexity index is 1140. The standard InChI is InChI=1S/C14H19NO4.C8H7NO2.C6H12O2.2CO2/c1-3-12(14(16)19-4-2)13(10-15(17)18)11-8-6-5-7-9-11;10-9(11)7-6-8-4-2-1-3-5-8;1-3-5-6(7)8-4-2;2*2-1-3/h5-9,12-13H,3-4,10H2,1-2H3;1-7H;3-5H2,1-2H3;;/b;7-6+;;;/t12?,13-;;;;/m0..../s1. The number of carbonyl (C=O) groups excluding carboxylic acids is 6. The maximum atomic E-state index is 11.9. The number of esters is 2. The summed E-state index contributed by atoms with van der Waals surface area (Å²) in [4.78, 5) is 74.7. The van der Waals surface area contributed by atoms with E-state index >= 15 is 0 Å². The lowest BCUT2D eigenvalue weighted by atomic mass is 9.84. The summed E-state index contributed by atoms with van der Waals surface area (Å²) in [6, 6.07) is 18.3. The van der Waals surface area contributed by atoms with Crippen molar-refractivity contribution in [1.82, 2.24) is 0 Å². The average molecular weight is 619 g/mol. The van der Waals surface area contributed by atoms with Crippen LogP contribution in [0.25, 0.3) is 6.08 Å². The molecule has 0 aliphatic heterocycles. The quantitative estimate of drug-likeness (QED) is 0.179. The Hall–Kier alpha value is -5.32. The van der Waals surface area contributed by atoms with Crippen molar-refractivity contribution < 1.29 is 48.1 Å². The van der Waals surface area contributed by atoms with Crippen LogP contribution < -0.4 is 0 Å². The van der Waals surface area contributed by atoms with E-state index in [1.807, 2.05) is 69.3 Å². The van der Waals surface area contributed by atoms with E-state index in [4.69, 9.17) is 23.9 Å². The van der Waals surface area contributed by atoms with E-state index < -0.39 is 16.8 Å². The van der Waals surface area contributed by atoms with Crippen molar-refractivity contribution in [3.05, 3.63) is 98.2 Å². The van der Waals surface area contributed by atoms with Gasteiger partial charge in [-0.05, 0) is 37.8 Å². The molecule has 0 aliphatic rings. The number of hydrogen-bond acceptors (Lipinski definition) is 12. The van der Waals surface area contributed by atoms with Crippen LogP contribution in [-0.2, 0) is 38.2 Å². The molecule has 2 atom stereocenters. The van der Waals surface area contributed by atoms with Crippen LogP contribution in [0.5, 0.6) is 0 Å². The molecule has 0 heterocycles. The highest BCUT2D eigenvalue weighted by molar-refractivity contribution is 5.73. The maximum Gasteiger partial charge on any atom is 0.373 e. The number of nitro groups is 2. The topological polar surface area (TPSA) is 207 Å². The summed E-state index contributed by atoms with van der Waals surface area (Å²) >= 11 is 0. The van der Waals surface area contributed by atoms with E-state index in [2.05, 4.69) is 4.74 Å². The summed E-state index contributed by atoms with van der Waals surface area (Å²) in [5, 5.41) is 20.7. The number of benzene rings is 2. The van der Waals surface area contributed by atoms with Gasteiger partial charge in [0, 0.05) is 17.4 Å². The Kier molecular flexibility index (Phi) is 30.0. The Labute approximate surface area is 255 Å². The minimum atomic E-state index is -0.479. The molecule has 2 aromatic carbocycles. The second-order valence-electron chi connectivity index (χ2n) is 8.03. The summed E-state index contributed by atoms with van der Waals surface area (Å²) in [5.41, 5.74) is 1.64. The van der Waals surface area contributed by atoms with Crippen LogP contribution in [0.15, 0.2) is 66.9 Å². The zero-order valence-corrected chi connectivity index (χ0v) is 25.1. The van der Waals surface area contributed by atoms with Gasteiger partial charge in [0.25, 0.3) is 0 Å². The molecular formula is C30H38N2O12. The number of ether oxygens (including phenoxy) is 2. The number of nitrogens with zero attached hydrogens (tertiary/aromatic N) is 2. The van der Waals surface area contributed by atoms with Crippen molar-refractivity contribution in [2.75, 3.05) is 19.8 Å². The summed E-state index contributed by atoms with van der Waals surface area (Å²) in [6.07, 6.45) is 4.83.